The molecule has 0 aliphatic carbocycles. The fraction of sp³-hybridized carbons (Fsp3) is 0. The summed E-state index contributed by atoms with van der Waals surface area (Å²) < 4.78 is 1.88. The molecule has 1 heterocycles. The number of nitrogens with zero attached hydrogens (tertiary/aromatic N) is 2. The first kappa shape index (κ1) is 11.5. The second-order valence-corrected chi connectivity index (χ2v) is 4.25. The van der Waals surface area contributed by atoms with Crippen molar-refractivity contribution in [1.82, 2.24) is 9.78 Å². The largest absolute Gasteiger partial charge is 0.240 e. The molecule has 19 heavy (non-hydrogen) atoms. The molecule has 0 atom stereocenters. The Balaban J connectivity index is 1.96. The zero-order chi connectivity index (χ0) is 12.9. The lowest BCUT2D eigenvalue weighted by Gasteiger charge is -2.05. The SMILES string of the molecule is C(=Cc1ccccc1-n1cccn1)c1ccccc1. The summed E-state index contributed by atoms with van der Waals surface area (Å²) in [7, 11) is 0. The molecule has 0 saturated heterocycles. The van der Waals surface area contributed by atoms with E-state index in [0.29, 0.717) is 0 Å². The molecular formula is C17H14N2. The van der Waals surface area contributed by atoms with E-state index in [1.165, 1.54) is 5.56 Å². The maximum atomic E-state index is 4.28. The van der Waals surface area contributed by atoms with Gasteiger partial charge >= 0.3 is 0 Å². The van der Waals surface area contributed by atoms with Crippen LogP contribution in [0.25, 0.3) is 17.8 Å². The Morgan fingerprint density at radius 3 is 2.37 bits per heavy atom. The third-order valence-corrected chi connectivity index (χ3v) is 2.94. The number of rotatable bonds is 3. The molecule has 2 nitrogen and oxygen atoms in total. The topological polar surface area (TPSA) is 17.8 Å². The Hall–Kier alpha value is -2.61. The average molecular weight is 246 g/mol. The van der Waals surface area contributed by atoms with E-state index in [-0.39, 0.29) is 0 Å². The Morgan fingerprint density at radius 1 is 0.789 bits per heavy atom. The average Bonchev–Trinajstić information content (AvgIpc) is 3.01. The van der Waals surface area contributed by atoms with Crippen LogP contribution in [0.15, 0.2) is 73.1 Å². The number of para-hydroxylation sites is 1. The molecule has 0 saturated carbocycles. The molecule has 0 aliphatic heterocycles. The number of hydrogen-bond acceptors (Lipinski definition) is 1. The van der Waals surface area contributed by atoms with E-state index in [9.17, 15) is 0 Å². The monoisotopic (exact) mass is 246 g/mol. The van der Waals surface area contributed by atoms with Gasteiger partial charge in [0.25, 0.3) is 0 Å². The van der Waals surface area contributed by atoms with Crippen molar-refractivity contribution < 1.29 is 0 Å². The molecule has 0 amide bonds. The van der Waals surface area contributed by atoms with E-state index >= 15 is 0 Å². The van der Waals surface area contributed by atoms with E-state index in [0.717, 1.165) is 11.3 Å². The summed E-state index contributed by atoms with van der Waals surface area (Å²) >= 11 is 0. The van der Waals surface area contributed by atoms with Crippen molar-refractivity contribution in [2.24, 2.45) is 0 Å². The summed E-state index contributed by atoms with van der Waals surface area (Å²) in [5.41, 5.74) is 3.42. The molecule has 2 heteroatoms. The standard InChI is InChI=1S/C17H14N2/c1-2-7-15(8-3-1)11-12-16-9-4-5-10-17(16)19-14-6-13-18-19/h1-14H. The van der Waals surface area contributed by atoms with Crippen molar-refractivity contribution in [2.45, 2.75) is 0 Å². The van der Waals surface area contributed by atoms with E-state index in [2.05, 4.69) is 41.5 Å². The molecular weight excluding hydrogens is 232 g/mol. The fourth-order valence-corrected chi connectivity index (χ4v) is 2.00. The highest BCUT2D eigenvalue weighted by Gasteiger charge is 2.00. The van der Waals surface area contributed by atoms with Gasteiger partial charge in [-0.2, -0.15) is 5.10 Å². The third-order valence-electron chi connectivity index (χ3n) is 2.94. The molecule has 92 valence electrons. The van der Waals surface area contributed by atoms with Crippen LogP contribution in [-0.2, 0) is 0 Å². The zero-order valence-electron chi connectivity index (χ0n) is 10.5. The van der Waals surface area contributed by atoms with Crippen LogP contribution in [0, 0.1) is 0 Å². The van der Waals surface area contributed by atoms with E-state index in [4.69, 9.17) is 0 Å². The van der Waals surface area contributed by atoms with E-state index < -0.39 is 0 Å². The second kappa shape index (κ2) is 5.36. The summed E-state index contributed by atoms with van der Waals surface area (Å²) in [5.74, 6) is 0. The Bertz CT molecular complexity index is 668. The molecule has 0 fully saturated rings. The van der Waals surface area contributed by atoms with E-state index in [1.54, 1.807) is 6.20 Å². The highest BCUT2D eigenvalue weighted by Crippen LogP contribution is 2.16. The molecule has 3 aromatic rings. The van der Waals surface area contributed by atoms with Gasteiger partial charge in [-0.1, -0.05) is 60.7 Å². The lowest BCUT2D eigenvalue weighted by atomic mass is 10.1. The normalized spacial score (nSPS) is 10.9. The van der Waals surface area contributed by atoms with Gasteiger partial charge in [-0.25, -0.2) is 4.68 Å². The summed E-state index contributed by atoms with van der Waals surface area (Å²) in [6.07, 6.45) is 7.97. The fourth-order valence-electron chi connectivity index (χ4n) is 2.00. The molecule has 0 spiro atoms. The molecule has 0 N–H and O–H groups in total. The number of hydrogen-bond donors (Lipinski definition) is 0. The molecule has 2 aromatic carbocycles. The highest BCUT2D eigenvalue weighted by atomic mass is 15.3. The molecule has 1 aromatic heterocycles. The zero-order valence-corrected chi connectivity index (χ0v) is 10.5. The van der Waals surface area contributed by atoms with Gasteiger partial charge in [0.1, 0.15) is 0 Å². The summed E-state index contributed by atoms with van der Waals surface area (Å²) in [5, 5.41) is 4.28. The van der Waals surface area contributed by atoms with Gasteiger partial charge in [0.2, 0.25) is 0 Å². The Morgan fingerprint density at radius 2 is 1.58 bits per heavy atom. The second-order valence-electron chi connectivity index (χ2n) is 4.25. The Kier molecular flexibility index (Phi) is 3.24. The van der Waals surface area contributed by atoms with Gasteiger partial charge in [-0.3, -0.25) is 0 Å². The molecule has 0 aliphatic rings. The van der Waals surface area contributed by atoms with Crippen LogP contribution in [0.1, 0.15) is 11.1 Å². The van der Waals surface area contributed by atoms with Gasteiger partial charge in [-0.05, 0) is 17.7 Å². The van der Waals surface area contributed by atoms with Crippen molar-refractivity contribution in [3.05, 3.63) is 84.2 Å². The Labute approximate surface area is 112 Å². The quantitative estimate of drug-likeness (QED) is 0.638. The molecule has 0 bridgehead atoms. The van der Waals surface area contributed by atoms with Crippen molar-refractivity contribution in [3.8, 4) is 5.69 Å². The highest BCUT2D eigenvalue weighted by molar-refractivity contribution is 5.73. The van der Waals surface area contributed by atoms with Gasteiger partial charge in [0, 0.05) is 18.0 Å². The predicted octanol–water partition coefficient (Wildman–Crippen LogP) is 4.04. The number of aromatic nitrogens is 2. The summed E-state index contributed by atoms with van der Waals surface area (Å²) in [6.45, 7) is 0. The van der Waals surface area contributed by atoms with Gasteiger partial charge in [0.15, 0.2) is 0 Å². The molecule has 0 radical (unpaired) electrons. The maximum Gasteiger partial charge on any atom is 0.0717 e. The minimum atomic E-state index is 1.08. The van der Waals surface area contributed by atoms with Crippen LogP contribution in [0.5, 0.6) is 0 Å². The molecule has 3 rings (SSSR count). The molecule has 0 unspecified atom stereocenters. The van der Waals surface area contributed by atoms with Crippen LogP contribution in [-0.4, -0.2) is 9.78 Å². The lowest BCUT2D eigenvalue weighted by molar-refractivity contribution is 0.878. The first-order valence-electron chi connectivity index (χ1n) is 6.26. The van der Waals surface area contributed by atoms with Crippen molar-refractivity contribution in [1.29, 1.82) is 0 Å². The first-order valence-corrected chi connectivity index (χ1v) is 6.26. The maximum absolute atomic E-state index is 4.28. The lowest BCUT2D eigenvalue weighted by Crippen LogP contribution is -1.96. The minimum Gasteiger partial charge on any atom is -0.240 e. The third kappa shape index (κ3) is 2.63. The van der Waals surface area contributed by atoms with Crippen LogP contribution >= 0.6 is 0 Å². The van der Waals surface area contributed by atoms with Gasteiger partial charge in [-0.15, -0.1) is 0 Å². The van der Waals surface area contributed by atoms with Crippen LogP contribution < -0.4 is 0 Å². The van der Waals surface area contributed by atoms with Crippen molar-refractivity contribution >= 4 is 12.2 Å². The first-order chi connectivity index (χ1) is 9.43. The summed E-state index contributed by atoms with van der Waals surface area (Å²) in [4.78, 5) is 0. The van der Waals surface area contributed by atoms with Gasteiger partial charge < -0.3 is 0 Å². The van der Waals surface area contributed by atoms with Crippen molar-refractivity contribution in [3.63, 3.8) is 0 Å². The van der Waals surface area contributed by atoms with Crippen LogP contribution in [0.3, 0.4) is 0 Å². The van der Waals surface area contributed by atoms with E-state index in [1.807, 2.05) is 47.3 Å². The van der Waals surface area contributed by atoms with Crippen molar-refractivity contribution in [2.75, 3.05) is 0 Å². The van der Waals surface area contributed by atoms with Crippen LogP contribution in [0.4, 0.5) is 0 Å². The van der Waals surface area contributed by atoms with Gasteiger partial charge in [0.05, 0.1) is 5.69 Å². The van der Waals surface area contributed by atoms with Crippen LogP contribution in [0.2, 0.25) is 0 Å². The predicted molar refractivity (Wildman–Crippen MR) is 78.9 cm³/mol. The minimum absolute atomic E-state index is 1.08. The summed E-state index contributed by atoms with van der Waals surface area (Å²) in [6, 6.07) is 20.4. The number of benzene rings is 2. The smallest absolute Gasteiger partial charge is 0.0717 e.